The van der Waals surface area contributed by atoms with Crippen molar-refractivity contribution in [2.24, 2.45) is 0 Å². The summed E-state index contributed by atoms with van der Waals surface area (Å²) in [6.07, 6.45) is 0.482. The largest absolute Gasteiger partial charge is 0.339 e. The topological polar surface area (TPSA) is 80.9 Å². The van der Waals surface area contributed by atoms with Crippen molar-refractivity contribution in [3.8, 4) is 11.4 Å². The van der Waals surface area contributed by atoms with E-state index in [-0.39, 0.29) is 18.1 Å². The molecular formula is C22H15FN4O2S. The summed E-state index contributed by atoms with van der Waals surface area (Å²) in [7, 11) is 0. The molecule has 0 spiro atoms. The molecule has 0 atom stereocenters. The number of anilines is 1. The van der Waals surface area contributed by atoms with Crippen LogP contribution in [0.4, 0.5) is 9.52 Å². The number of benzene rings is 3. The molecule has 0 unspecified atom stereocenters. The molecule has 0 saturated carbocycles. The Balaban J connectivity index is 1.25. The van der Waals surface area contributed by atoms with E-state index in [1.807, 2.05) is 30.3 Å². The van der Waals surface area contributed by atoms with E-state index in [0.29, 0.717) is 28.8 Å². The van der Waals surface area contributed by atoms with E-state index in [2.05, 4.69) is 26.5 Å². The molecule has 6 nitrogen and oxygen atoms in total. The molecule has 1 amide bonds. The van der Waals surface area contributed by atoms with E-state index in [1.165, 1.54) is 23.5 Å². The van der Waals surface area contributed by atoms with Crippen LogP contribution in [0.25, 0.3) is 32.4 Å². The van der Waals surface area contributed by atoms with E-state index in [4.69, 9.17) is 4.52 Å². The molecule has 5 aromatic rings. The number of amides is 1. The van der Waals surface area contributed by atoms with Gasteiger partial charge in [0.2, 0.25) is 17.6 Å². The summed E-state index contributed by atoms with van der Waals surface area (Å²) in [5.41, 5.74) is 1.53. The zero-order chi connectivity index (χ0) is 20.5. The van der Waals surface area contributed by atoms with Crippen LogP contribution in [-0.2, 0) is 11.2 Å². The second-order valence-corrected chi connectivity index (χ2v) is 7.75. The molecule has 0 aliphatic rings. The maximum atomic E-state index is 13.0. The minimum absolute atomic E-state index is 0.181. The average molecular weight is 418 g/mol. The standard InChI is InChI=1S/C22H15FN4O2S/c23-15-8-5-14(6-9-15)21-25-19(29-27-21)12-11-18(28)24-22-26-20-16-4-2-1-3-13(16)7-10-17(20)30-22/h1-10H,11-12H2,(H,24,26,28). The molecule has 30 heavy (non-hydrogen) atoms. The van der Waals surface area contributed by atoms with Crippen LogP contribution in [0.5, 0.6) is 0 Å². The highest BCUT2D eigenvalue weighted by Crippen LogP contribution is 2.31. The molecule has 0 saturated heterocycles. The third kappa shape index (κ3) is 3.65. The first-order valence-electron chi connectivity index (χ1n) is 9.32. The van der Waals surface area contributed by atoms with Gasteiger partial charge in [0.05, 0.1) is 10.2 Å². The number of hydrogen-bond donors (Lipinski definition) is 1. The second-order valence-electron chi connectivity index (χ2n) is 6.72. The normalized spacial score (nSPS) is 11.2. The van der Waals surface area contributed by atoms with Gasteiger partial charge < -0.3 is 9.84 Å². The Morgan fingerprint density at radius 2 is 1.87 bits per heavy atom. The molecule has 0 fully saturated rings. The van der Waals surface area contributed by atoms with Crippen LogP contribution < -0.4 is 5.32 Å². The van der Waals surface area contributed by atoms with Crippen molar-refractivity contribution in [1.82, 2.24) is 15.1 Å². The van der Waals surface area contributed by atoms with Gasteiger partial charge in [0.25, 0.3) is 0 Å². The Morgan fingerprint density at radius 3 is 2.73 bits per heavy atom. The van der Waals surface area contributed by atoms with Crippen molar-refractivity contribution < 1.29 is 13.7 Å². The predicted octanol–water partition coefficient (Wildman–Crippen LogP) is 5.21. The summed E-state index contributed by atoms with van der Waals surface area (Å²) >= 11 is 1.44. The van der Waals surface area contributed by atoms with Gasteiger partial charge in [-0.15, -0.1) is 0 Å². The van der Waals surface area contributed by atoms with Gasteiger partial charge in [0.15, 0.2) is 5.13 Å². The van der Waals surface area contributed by atoms with Crippen molar-refractivity contribution in [3.05, 3.63) is 72.4 Å². The molecule has 148 valence electrons. The molecule has 5 rings (SSSR count). The summed E-state index contributed by atoms with van der Waals surface area (Å²) in [6.45, 7) is 0. The summed E-state index contributed by atoms with van der Waals surface area (Å²) in [5, 5.41) is 9.47. The number of halogens is 1. The fraction of sp³-hybridized carbons (Fsp3) is 0.0909. The third-order valence-corrected chi connectivity index (χ3v) is 5.60. The lowest BCUT2D eigenvalue weighted by atomic mass is 10.1. The van der Waals surface area contributed by atoms with Crippen LogP contribution in [0.1, 0.15) is 12.3 Å². The number of nitrogens with one attached hydrogen (secondary N) is 1. The number of rotatable bonds is 5. The van der Waals surface area contributed by atoms with Crippen molar-refractivity contribution >= 4 is 43.4 Å². The van der Waals surface area contributed by atoms with Crippen molar-refractivity contribution in [1.29, 1.82) is 0 Å². The van der Waals surface area contributed by atoms with Gasteiger partial charge >= 0.3 is 0 Å². The van der Waals surface area contributed by atoms with Gasteiger partial charge in [-0.1, -0.05) is 46.8 Å². The van der Waals surface area contributed by atoms with Crippen LogP contribution in [0.15, 0.2) is 65.2 Å². The highest BCUT2D eigenvalue weighted by atomic mass is 32.1. The number of thiazole rings is 1. The lowest BCUT2D eigenvalue weighted by Gasteiger charge is -1.99. The zero-order valence-electron chi connectivity index (χ0n) is 15.6. The quantitative estimate of drug-likeness (QED) is 0.424. The van der Waals surface area contributed by atoms with Crippen LogP contribution in [0.2, 0.25) is 0 Å². The van der Waals surface area contributed by atoms with Crippen LogP contribution >= 0.6 is 11.3 Å². The molecule has 8 heteroatoms. The van der Waals surface area contributed by atoms with E-state index >= 15 is 0 Å². The summed E-state index contributed by atoms with van der Waals surface area (Å²) in [6, 6.07) is 17.9. The summed E-state index contributed by atoms with van der Waals surface area (Å²) in [4.78, 5) is 21.2. The monoisotopic (exact) mass is 418 g/mol. The van der Waals surface area contributed by atoms with Crippen LogP contribution in [0, 0.1) is 5.82 Å². The Hall–Kier alpha value is -3.65. The van der Waals surface area contributed by atoms with Gasteiger partial charge in [0.1, 0.15) is 5.82 Å². The molecule has 0 aliphatic carbocycles. The van der Waals surface area contributed by atoms with Gasteiger partial charge in [0, 0.05) is 23.8 Å². The number of nitrogens with zero attached hydrogens (tertiary/aromatic N) is 3. The SMILES string of the molecule is O=C(CCc1nc(-c2ccc(F)cc2)no1)Nc1nc2c(ccc3ccccc32)s1. The highest BCUT2D eigenvalue weighted by Gasteiger charge is 2.13. The van der Waals surface area contributed by atoms with Gasteiger partial charge in [-0.2, -0.15) is 4.98 Å². The fourth-order valence-corrected chi connectivity index (χ4v) is 4.09. The van der Waals surface area contributed by atoms with E-state index < -0.39 is 0 Å². The minimum atomic E-state index is -0.331. The number of aryl methyl sites for hydroxylation is 1. The average Bonchev–Trinajstić information content (AvgIpc) is 3.39. The van der Waals surface area contributed by atoms with Crippen molar-refractivity contribution in [2.75, 3.05) is 5.32 Å². The van der Waals surface area contributed by atoms with E-state index in [1.54, 1.807) is 12.1 Å². The first-order valence-corrected chi connectivity index (χ1v) is 10.1. The number of carbonyl (C=O) groups is 1. The van der Waals surface area contributed by atoms with E-state index in [9.17, 15) is 9.18 Å². The van der Waals surface area contributed by atoms with Crippen LogP contribution in [0.3, 0.4) is 0 Å². The Labute approximate surface area is 174 Å². The smallest absolute Gasteiger partial charge is 0.227 e. The van der Waals surface area contributed by atoms with Crippen LogP contribution in [-0.4, -0.2) is 21.0 Å². The zero-order valence-corrected chi connectivity index (χ0v) is 16.4. The predicted molar refractivity (Wildman–Crippen MR) is 114 cm³/mol. The van der Waals surface area contributed by atoms with E-state index in [0.717, 1.165) is 21.0 Å². The number of fused-ring (bicyclic) bond motifs is 3. The minimum Gasteiger partial charge on any atom is -0.339 e. The number of hydrogen-bond acceptors (Lipinski definition) is 6. The van der Waals surface area contributed by atoms with Gasteiger partial charge in [-0.05, 0) is 35.7 Å². The molecule has 2 aromatic heterocycles. The fourth-order valence-electron chi connectivity index (χ4n) is 3.19. The number of aromatic nitrogens is 3. The maximum absolute atomic E-state index is 13.0. The molecule has 3 aromatic carbocycles. The summed E-state index contributed by atoms with van der Waals surface area (Å²) in [5.74, 6) is 0.199. The lowest BCUT2D eigenvalue weighted by Crippen LogP contribution is -2.12. The molecule has 0 bridgehead atoms. The molecular weight excluding hydrogens is 403 g/mol. The van der Waals surface area contributed by atoms with Gasteiger partial charge in [-0.3, -0.25) is 4.79 Å². The van der Waals surface area contributed by atoms with Crippen molar-refractivity contribution in [2.45, 2.75) is 12.8 Å². The Bertz CT molecular complexity index is 1360. The second kappa shape index (κ2) is 7.64. The highest BCUT2D eigenvalue weighted by molar-refractivity contribution is 7.22. The molecule has 1 N–H and O–H groups in total. The number of carbonyl (C=O) groups excluding carboxylic acids is 1. The molecule has 2 heterocycles. The van der Waals surface area contributed by atoms with Crippen molar-refractivity contribution in [3.63, 3.8) is 0 Å². The molecule has 0 aliphatic heterocycles. The Kier molecular flexibility index (Phi) is 4.68. The lowest BCUT2D eigenvalue weighted by molar-refractivity contribution is -0.116. The van der Waals surface area contributed by atoms with Gasteiger partial charge in [-0.25, -0.2) is 9.37 Å². The first-order chi connectivity index (χ1) is 14.7. The third-order valence-electron chi connectivity index (χ3n) is 4.67. The first kappa shape index (κ1) is 18.4. The maximum Gasteiger partial charge on any atom is 0.227 e. The molecule has 0 radical (unpaired) electrons. The Morgan fingerprint density at radius 1 is 1.03 bits per heavy atom. The summed E-state index contributed by atoms with van der Waals surface area (Å²) < 4.78 is 19.2.